The van der Waals surface area contributed by atoms with Crippen molar-refractivity contribution < 1.29 is 9.47 Å². The molecule has 120 valence electrons. The second kappa shape index (κ2) is 10.5. The Bertz CT molecular complexity index is 391. The van der Waals surface area contributed by atoms with Gasteiger partial charge in [-0.15, -0.1) is 0 Å². The molecule has 0 saturated carbocycles. The summed E-state index contributed by atoms with van der Waals surface area (Å²) in [6.45, 7) is 9.20. The molecule has 0 fully saturated rings. The topological polar surface area (TPSA) is 46.6 Å². The number of pyridine rings is 1. The van der Waals surface area contributed by atoms with Crippen LogP contribution in [-0.4, -0.2) is 52.1 Å². The van der Waals surface area contributed by atoms with Gasteiger partial charge < -0.3 is 19.7 Å². The molecule has 1 heterocycles. The van der Waals surface area contributed by atoms with Crippen molar-refractivity contribution >= 4 is 5.82 Å². The maximum absolute atomic E-state index is 5.18. The normalized spacial score (nSPS) is 10.9. The summed E-state index contributed by atoms with van der Waals surface area (Å²) in [7, 11) is 3.44. The van der Waals surface area contributed by atoms with E-state index < -0.39 is 0 Å². The molecule has 0 unspecified atom stereocenters. The number of hydrogen-bond acceptors (Lipinski definition) is 5. The highest BCUT2D eigenvalue weighted by Crippen LogP contribution is 2.17. The summed E-state index contributed by atoms with van der Waals surface area (Å²) in [5, 5.41) is 3.40. The van der Waals surface area contributed by atoms with Crippen LogP contribution in [0.3, 0.4) is 0 Å². The molecule has 0 spiro atoms. The van der Waals surface area contributed by atoms with Crippen LogP contribution in [0.1, 0.15) is 24.5 Å². The van der Waals surface area contributed by atoms with Gasteiger partial charge in [-0.1, -0.05) is 6.92 Å². The Balaban J connectivity index is 2.73. The van der Waals surface area contributed by atoms with Gasteiger partial charge in [-0.05, 0) is 37.1 Å². The molecule has 0 amide bonds. The van der Waals surface area contributed by atoms with Gasteiger partial charge in [0.1, 0.15) is 5.82 Å². The molecule has 5 nitrogen and oxygen atoms in total. The largest absolute Gasteiger partial charge is 0.383 e. The smallest absolute Gasteiger partial charge is 0.131 e. The van der Waals surface area contributed by atoms with Crippen molar-refractivity contribution in [2.24, 2.45) is 0 Å². The fraction of sp³-hybridized carbons (Fsp3) is 0.688. The van der Waals surface area contributed by atoms with E-state index in [0.717, 1.165) is 38.4 Å². The number of nitrogens with zero attached hydrogens (tertiary/aromatic N) is 2. The molecule has 0 radical (unpaired) electrons. The lowest BCUT2D eigenvalue weighted by Crippen LogP contribution is -2.32. The van der Waals surface area contributed by atoms with Crippen LogP contribution in [0.2, 0.25) is 0 Å². The zero-order valence-electron chi connectivity index (χ0n) is 13.8. The van der Waals surface area contributed by atoms with Crippen molar-refractivity contribution in [2.45, 2.75) is 26.8 Å². The Morgan fingerprint density at radius 3 is 2.38 bits per heavy atom. The maximum atomic E-state index is 5.18. The summed E-state index contributed by atoms with van der Waals surface area (Å²) in [6, 6.07) is 2.21. The first-order valence-electron chi connectivity index (χ1n) is 7.62. The summed E-state index contributed by atoms with van der Waals surface area (Å²) in [6.07, 6.45) is 3.10. The molecule has 0 bridgehead atoms. The fourth-order valence-electron chi connectivity index (χ4n) is 2.19. The third kappa shape index (κ3) is 6.42. The number of nitrogens with one attached hydrogen (secondary N) is 1. The van der Waals surface area contributed by atoms with Crippen LogP contribution in [-0.2, 0) is 16.0 Å². The zero-order chi connectivity index (χ0) is 15.5. The summed E-state index contributed by atoms with van der Waals surface area (Å²) >= 11 is 0. The summed E-state index contributed by atoms with van der Waals surface area (Å²) in [4.78, 5) is 6.85. The van der Waals surface area contributed by atoms with Gasteiger partial charge in [-0.25, -0.2) is 4.98 Å². The lowest BCUT2D eigenvalue weighted by Gasteiger charge is -2.25. The van der Waals surface area contributed by atoms with Gasteiger partial charge >= 0.3 is 0 Å². The van der Waals surface area contributed by atoms with Gasteiger partial charge in [0.2, 0.25) is 0 Å². The first-order chi connectivity index (χ1) is 10.2. The first-order valence-corrected chi connectivity index (χ1v) is 7.62. The summed E-state index contributed by atoms with van der Waals surface area (Å²) in [5.74, 6) is 1.02. The number of aryl methyl sites for hydroxylation is 1. The van der Waals surface area contributed by atoms with E-state index in [1.807, 2.05) is 6.20 Å². The minimum atomic E-state index is 0.685. The van der Waals surface area contributed by atoms with Crippen molar-refractivity contribution in [2.75, 3.05) is 52.0 Å². The van der Waals surface area contributed by atoms with E-state index in [2.05, 4.69) is 35.1 Å². The average molecular weight is 295 g/mol. The van der Waals surface area contributed by atoms with Gasteiger partial charge in [-0.2, -0.15) is 0 Å². The highest BCUT2D eigenvalue weighted by Gasteiger charge is 2.11. The Kier molecular flexibility index (Phi) is 8.98. The van der Waals surface area contributed by atoms with E-state index in [1.54, 1.807) is 14.2 Å². The Morgan fingerprint density at radius 2 is 1.86 bits per heavy atom. The number of rotatable bonds is 11. The molecule has 1 N–H and O–H groups in total. The number of aromatic nitrogens is 1. The predicted octanol–water partition coefficient (Wildman–Crippen LogP) is 1.99. The van der Waals surface area contributed by atoms with Crippen LogP contribution >= 0.6 is 0 Å². The van der Waals surface area contributed by atoms with E-state index in [-0.39, 0.29) is 0 Å². The SMILES string of the molecule is CCCNCc1cnc(N(CCOC)CCOC)c(C)c1. The van der Waals surface area contributed by atoms with Gasteiger partial charge in [-0.3, -0.25) is 0 Å². The van der Waals surface area contributed by atoms with E-state index in [4.69, 9.17) is 9.47 Å². The monoisotopic (exact) mass is 295 g/mol. The number of anilines is 1. The molecular formula is C16H29N3O2. The van der Waals surface area contributed by atoms with Crippen LogP contribution < -0.4 is 10.2 Å². The fourth-order valence-corrected chi connectivity index (χ4v) is 2.19. The van der Waals surface area contributed by atoms with E-state index in [9.17, 15) is 0 Å². The molecule has 0 aliphatic heterocycles. The first kappa shape index (κ1) is 17.9. The lowest BCUT2D eigenvalue weighted by molar-refractivity contribution is 0.190. The molecule has 0 atom stereocenters. The quantitative estimate of drug-likeness (QED) is 0.633. The number of ether oxygens (including phenoxy) is 2. The Hall–Kier alpha value is -1.17. The molecule has 1 rings (SSSR count). The third-order valence-electron chi connectivity index (χ3n) is 3.29. The molecule has 1 aromatic heterocycles. The summed E-state index contributed by atoms with van der Waals surface area (Å²) < 4.78 is 10.4. The van der Waals surface area contributed by atoms with Crippen LogP contribution in [0.25, 0.3) is 0 Å². The van der Waals surface area contributed by atoms with Crippen LogP contribution in [0.5, 0.6) is 0 Å². The molecule has 5 heteroatoms. The third-order valence-corrected chi connectivity index (χ3v) is 3.29. The van der Waals surface area contributed by atoms with Crippen molar-refractivity contribution in [1.29, 1.82) is 0 Å². The van der Waals surface area contributed by atoms with E-state index >= 15 is 0 Å². The Labute approximate surface area is 128 Å². The predicted molar refractivity (Wildman–Crippen MR) is 86.9 cm³/mol. The van der Waals surface area contributed by atoms with Crippen molar-refractivity contribution in [1.82, 2.24) is 10.3 Å². The molecule has 0 aliphatic rings. The Morgan fingerprint density at radius 1 is 1.19 bits per heavy atom. The van der Waals surface area contributed by atoms with Gasteiger partial charge in [0.25, 0.3) is 0 Å². The van der Waals surface area contributed by atoms with Crippen molar-refractivity contribution in [3.63, 3.8) is 0 Å². The second-order valence-corrected chi connectivity index (χ2v) is 5.13. The molecule has 0 aliphatic carbocycles. The molecule has 1 aromatic rings. The molecular weight excluding hydrogens is 266 g/mol. The van der Waals surface area contributed by atoms with E-state index in [1.165, 1.54) is 11.1 Å². The van der Waals surface area contributed by atoms with E-state index in [0.29, 0.717) is 13.2 Å². The molecule has 21 heavy (non-hydrogen) atoms. The second-order valence-electron chi connectivity index (χ2n) is 5.13. The van der Waals surface area contributed by atoms with Crippen molar-refractivity contribution in [3.05, 3.63) is 23.4 Å². The van der Waals surface area contributed by atoms with Crippen LogP contribution in [0, 0.1) is 6.92 Å². The van der Waals surface area contributed by atoms with Crippen LogP contribution in [0.15, 0.2) is 12.3 Å². The number of hydrogen-bond donors (Lipinski definition) is 1. The van der Waals surface area contributed by atoms with Gasteiger partial charge in [0.15, 0.2) is 0 Å². The van der Waals surface area contributed by atoms with Crippen molar-refractivity contribution in [3.8, 4) is 0 Å². The minimum Gasteiger partial charge on any atom is -0.383 e. The van der Waals surface area contributed by atoms with Gasteiger partial charge in [0, 0.05) is 40.1 Å². The molecule has 0 saturated heterocycles. The van der Waals surface area contributed by atoms with Crippen LogP contribution in [0.4, 0.5) is 5.82 Å². The lowest BCUT2D eigenvalue weighted by atomic mass is 10.2. The molecule has 0 aromatic carbocycles. The maximum Gasteiger partial charge on any atom is 0.131 e. The highest BCUT2D eigenvalue weighted by atomic mass is 16.5. The highest BCUT2D eigenvalue weighted by molar-refractivity contribution is 5.47. The van der Waals surface area contributed by atoms with Gasteiger partial charge in [0.05, 0.1) is 13.2 Å². The minimum absolute atomic E-state index is 0.685. The number of methoxy groups -OCH3 is 2. The standard InChI is InChI=1S/C16H29N3O2/c1-5-6-17-12-15-11-14(2)16(18-13-15)19(7-9-20-3)8-10-21-4/h11,13,17H,5-10,12H2,1-4H3. The summed E-state index contributed by atoms with van der Waals surface area (Å²) in [5.41, 5.74) is 2.42. The zero-order valence-corrected chi connectivity index (χ0v) is 13.8. The average Bonchev–Trinajstić information content (AvgIpc) is 2.49.